The van der Waals surface area contributed by atoms with Gasteiger partial charge in [-0.15, -0.1) is 0 Å². The molecule has 244 valence electrons. The number of furan rings is 1. The van der Waals surface area contributed by atoms with E-state index in [4.69, 9.17) is 4.42 Å². The Balaban J connectivity index is 1.07. The highest BCUT2D eigenvalue weighted by atomic mass is 16.3. The molecule has 0 aliphatic rings. The van der Waals surface area contributed by atoms with Crippen molar-refractivity contribution in [3.05, 3.63) is 200 Å². The Morgan fingerprint density at radius 1 is 0.288 bits per heavy atom. The average molecular weight is 664 g/mol. The number of benzene rings is 9. The summed E-state index contributed by atoms with van der Waals surface area (Å²) in [6.45, 7) is 0. The van der Waals surface area contributed by atoms with Crippen molar-refractivity contribution in [3.8, 4) is 33.4 Å². The molecule has 2 heteroatoms. The van der Waals surface area contributed by atoms with Crippen LogP contribution in [0.5, 0.6) is 0 Å². The van der Waals surface area contributed by atoms with E-state index in [1.807, 2.05) is 12.1 Å². The highest BCUT2D eigenvalue weighted by molar-refractivity contribution is 6.12. The second kappa shape index (κ2) is 12.5. The largest absolute Gasteiger partial charge is 0.456 e. The highest BCUT2D eigenvalue weighted by Crippen LogP contribution is 2.40. The fourth-order valence-electron chi connectivity index (χ4n) is 7.69. The summed E-state index contributed by atoms with van der Waals surface area (Å²) >= 11 is 0. The van der Waals surface area contributed by atoms with Crippen LogP contribution in [0.25, 0.3) is 76.9 Å². The number of hydrogen-bond acceptors (Lipinski definition) is 2. The van der Waals surface area contributed by atoms with Gasteiger partial charge in [-0.25, -0.2) is 0 Å². The van der Waals surface area contributed by atoms with E-state index in [2.05, 4.69) is 193 Å². The van der Waals surface area contributed by atoms with Crippen molar-refractivity contribution in [2.75, 3.05) is 4.90 Å². The molecule has 0 saturated heterocycles. The van der Waals surface area contributed by atoms with Crippen LogP contribution in [0.4, 0.5) is 17.1 Å². The summed E-state index contributed by atoms with van der Waals surface area (Å²) in [5.74, 6) is 0. The van der Waals surface area contributed by atoms with Crippen molar-refractivity contribution < 1.29 is 4.42 Å². The first-order valence-electron chi connectivity index (χ1n) is 17.8. The van der Waals surface area contributed by atoms with Crippen LogP contribution in [0, 0.1) is 0 Å². The van der Waals surface area contributed by atoms with Crippen LogP contribution in [-0.4, -0.2) is 0 Å². The van der Waals surface area contributed by atoms with Gasteiger partial charge >= 0.3 is 0 Å². The molecule has 0 aliphatic carbocycles. The first kappa shape index (κ1) is 30.0. The second-order valence-electron chi connectivity index (χ2n) is 13.3. The van der Waals surface area contributed by atoms with Gasteiger partial charge in [0.05, 0.1) is 0 Å². The molecule has 0 amide bonds. The Bertz CT molecular complexity index is 2890. The van der Waals surface area contributed by atoms with E-state index in [0.29, 0.717) is 0 Å². The lowest BCUT2D eigenvalue weighted by Crippen LogP contribution is -2.10. The van der Waals surface area contributed by atoms with Gasteiger partial charge < -0.3 is 9.32 Å². The first-order valence-corrected chi connectivity index (χ1v) is 17.8. The summed E-state index contributed by atoms with van der Waals surface area (Å²) in [4.78, 5) is 2.35. The summed E-state index contributed by atoms with van der Waals surface area (Å²) in [7, 11) is 0. The zero-order valence-corrected chi connectivity index (χ0v) is 28.4. The van der Waals surface area contributed by atoms with E-state index in [9.17, 15) is 0 Å². The molecular weight excluding hydrogens is 631 g/mol. The van der Waals surface area contributed by atoms with E-state index < -0.39 is 0 Å². The van der Waals surface area contributed by atoms with Gasteiger partial charge in [-0.3, -0.25) is 0 Å². The molecular formula is C50H33NO. The summed E-state index contributed by atoms with van der Waals surface area (Å²) in [6, 6.07) is 71.7. The third-order valence-corrected chi connectivity index (χ3v) is 10.3. The van der Waals surface area contributed by atoms with Crippen molar-refractivity contribution in [1.82, 2.24) is 0 Å². The van der Waals surface area contributed by atoms with Crippen molar-refractivity contribution in [2.24, 2.45) is 0 Å². The Kier molecular flexibility index (Phi) is 7.18. The van der Waals surface area contributed by atoms with E-state index >= 15 is 0 Å². The molecule has 0 spiro atoms. The minimum Gasteiger partial charge on any atom is -0.456 e. The minimum atomic E-state index is 0.898. The van der Waals surface area contributed by atoms with Crippen LogP contribution < -0.4 is 4.90 Å². The van der Waals surface area contributed by atoms with Gasteiger partial charge in [0.25, 0.3) is 0 Å². The van der Waals surface area contributed by atoms with E-state index in [-0.39, 0.29) is 0 Å². The quantitative estimate of drug-likeness (QED) is 0.165. The zero-order valence-electron chi connectivity index (χ0n) is 28.4. The molecule has 1 aromatic heterocycles. The molecule has 2 nitrogen and oxygen atoms in total. The van der Waals surface area contributed by atoms with Gasteiger partial charge in [-0.05, 0) is 110 Å². The van der Waals surface area contributed by atoms with Crippen molar-refractivity contribution in [1.29, 1.82) is 0 Å². The average Bonchev–Trinajstić information content (AvgIpc) is 3.60. The van der Waals surface area contributed by atoms with Gasteiger partial charge in [0.1, 0.15) is 11.2 Å². The van der Waals surface area contributed by atoms with Crippen LogP contribution in [0.1, 0.15) is 0 Å². The zero-order chi connectivity index (χ0) is 34.4. The molecule has 0 atom stereocenters. The van der Waals surface area contributed by atoms with E-state index in [1.165, 1.54) is 43.8 Å². The van der Waals surface area contributed by atoms with Crippen molar-refractivity contribution in [3.63, 3.8) is 0 Å². The molecule has 0 saturated carbocycles. The molecule has 0 unspecified atom stereocenters. The molecule has 0 fully saturated rings. The van der Waals surface area contributed by atoms with Crippen LogP contribution in [-0.2, 0) is 0 Å². The standard InChI is InChI=1S/C50H33NO/c1-2-10-34(11-3-1)35-20-26-40(27-21-35)51(42-14-8-13-38(32-42)39-25-31-48-47-16-6-7-19-49(47)52-50(48)33-39)41-28-22-37(23-29-41)44-17-9-18-45-43-15-5-4-12-36(43)24-30-46(44)45/h1-33H. The van der Waals surface area contributed by atoms with Crippen molar-refractivity contribution >= 4 is 60.5 Å². The van der Waals surface area contributed by atoms with Crippen LogP contribution >= 0.6 is 0 Å². The lowest BCUT2D eigenvalue weighted by Gasteiger charge is -2.26. The third kappa shape index (κ3) is 5.21. The number of para-hydroxylation sites is 1. The van der Waals surface area contributed by atoms with Crippen molar-refractivity contribution in [2.45, 2.75) is 0 Å². The molecule has 9 aromatic carbocycles. The second-order valence-corrected chi connectivity index (χ2v) is 13.3. The molecule has 52 heavy (non-hydrogen) atoms. The highest BCUT2D eigenvalue weighted by Gasteiger charge is 2.16. The van der Waals surface area contributed by atoms with Gasteiger partial charge in [0, 0.05) is 27.8 Å². The number of hydrogen-bond donors (Lipinski definition) is 0. The van der Waals surface area contributed by atoms with Gasteiger partial charge in [0.15, 0.2) is 0 Å². The van der Waals surface area contributed by atoms with Crippen LogP contribution in [0.15, 0.2) is 205 Å². The minimum absolute atomic E-state index is 0.898. The molecule has 10 rings (SSSR count). The maximum atomic E-state index is 6.26. The Labute approximate surface area is 302 Å². The lowest BCUT2D eigenvalue weighted by atomic mass is 9.94. The monoisotopic (exact) mass is 663 g/mol. The van der Waals surface area contributed by atoms with Crippen LogP contribution in [0.2, 0.25) is 0 Å². The lowest BCUT2D eigenvalue weighted by molar-refractivity contribution is 0.669. The topological polar surface area (TPSA) is 16.4 Å². The number of rotatable bonds is 6. The predicted octanol–water partition coefficient (Wildman–Crippen LogP) is 14.4. The summed E-state index contributed by atoms with van der Waals surface area (Å²) < 4.78 is 6.26. The number of fused-ring (bicyclic) bond motifs is 6. The maximum Gasteiger partial charge on any atom is 0.136 e. The van der Waals surface area contributed by atoms with Gasteiger partial charge in [-0.2, -0.15) is 0 Å². The third-order valence-electron chi connectivity index (χ3n) is 10.3. The molecule has 0 bridgehead atoms. The number of anilines is 3. The molecule has 0 N–H and O–H groups in total. The summed E-state index contributed by atoms with van der Waals surface area (Å²) in [6.07, 6.45) is 0. The molecule has 0 aliphatic heterocycles. The molecule has 10 aromatic rings. The Morgan fingerprint density at radius 3 is 1.69 bits per heavy atom. The Hall–Kier alpha value is -6.90. The van der Waals surface area contributed by atoms with Gasteiger partial charge in [-0.1, -0.05) is 146 Å². The Morgan fingerprint density at radius 2 is 0.865 bits per heavy atom. The summed E-state index contributed by atoms with van der Waals surface area (Å²) in [5.41, 5.74) is 12.1. The first-order chi connectivity index (χ1) is 25.8. The fraction of sp³-hybridized carbons (Fsp3) is 0. The SMILES string of the molecule is c1ccc(-c2ccc(N(c3ccc(-c4cccc5c4ccc4ccccc45)cc3)c3cccc(-c4ccc5c(c4)oc4ccccc45)c3)cc2)cc1. The number of nitrogens with zero attached hydrogens (tertiary/aromatic N) is 1. The smallest absolute Gasteiger partial charge is 0.136 e. The van der Waals surface area contributed by atoms with E-state index in [1.54, 1.807) is 0 Å². The fourth-order valence-corrected chi connectivity index (χ4v) is 7.69. The van der Waals surface area contributed by atoms with Crippen LogP contribution in [0.3, 0.4) is 0 Å². The van der Waals surface area contributed by atoms with E-state index in [0.717, 1.165) is 50.1 Å². The predicted molar refractivity (Wildman–Crippen MR) is 220 cm³/mol. The van der Waals surface area contributed by atoms with Gasteiger partial charge in [0.2, 0.25) is 0 Å². The molecule has 1 heterocycles. The summed E-state index contributed by atoms with van der Waals surface area (Å²) in [5, 5.41) is 7.35. The normalized spacial score (nSPS) is 11.5. The molecule has 0 radical (unpaired) electrons. The maximum absolute atomic E-state index is 6.26.